The highest BCUT2D eigenvalue weighted by Gasteiger charge is 2.25. The first-order chi connectivity index (χ1) is 16.6. The van der Waals surface area contributed by atoms with Crippen molar-refractivity contribution in [1.82, 2.24) is 4.90 Å². The van der Waals surface area contributed by atoms with E-state index in [1.54, 1.807) is 6.07 Å². The molecular formula is C29H34FN3O2. The van der Waals surface area contributed by atoms with Crippen molar-refractivity contribution in [2.24, 2.45) is 5.92 Å². The maximum absolute atomic E-state index is 13.6. The highest BCUT2D eigenvalue weighted by Crippen LogP contribution is 2.27. The van der Waals surface area contributed by atoms with Crippen LogP contribution < -0.4 is 10.2 Å². The van der Waals surface area contributed by atoms with Gasteiger partial charge in [-0.1, -0.05) is 37.6 Å². The number of hydrogen-bond acceptors (Lipinski definition) is 3. The first-order valence-electron chi connectivity index (χ1n) is 11.8. The number of anilines is 2. The van der Waals surface area contributed by atoms with E-state index in [0.29, 0.717) is 17.8 Å². The summed E-state index contributed by atoms with van der Waals surface area (Å²) in [7, 11) is 3.89. The van der Waals surface area contributed by atoms with Crippen LogP contribution in [0.5, 0.6) is 0 Å². The standard InChI is InChI=1S/C29H34FN3O2/c1-19(2)21(4)33(29(35)23-11-7-9-20(3)15-23)18-24-17-26(13-14-27(24)32(5)6)31-28(34)22-10-8-12-25(30)16-22/h7-17,19,21H,18H2,1-6H3,(H,31,34)/t21-/m0/s1. The second kappa shape index (κ2) is 11.2. The van der Waals surface area contributed by atoms with Gasteiger partial charge in [-0.25, -0.2) is 4.39 Å². The summed E-state index contributed by atoms with van der Waals surface area (Å²) < 4.78 is 13.6. The zero-order chi connectivity index (χ0) is 25.7. The minimum absolute atomic E-state index is 0.0106. The average Bonchev–Trinajstić information content (AvgIpc) is 2.81. The summed E-state index contributed by atoms with van der Waals surface area (Å²) in [6.07, 6.45) is 0. The van der Waals surface area contributed by atoms with Crippen LogP contribution in [-0.4, -0.2) is 36.9 Å². The second-order valence-electron chi connectivity index (χ2n) is 9.49. The number of carbonyl (C=O) groups excluding carboxylic acids is 2. The lowest BCUT2D eigenvalue weighted by Crippen LogP contribution is -2.41. The lowest BCUT2D eigenvalue weighted by molar-refractivity contribution is 0.0628. The lowest BCUT2D eigenvalue weighted by Gasteiger charge is -2.33. The number of hydrogen-bond donors (Lipinski definition) is 1. The van der Waals surface area contributed by atoms with E-state index < -0.39 is 11.7 Å². The minimum atomic E-state index is -0.464. The van der Waals surface area contributed by atoms with Gasteiger partial charge >= 0.3 is 0 Å². The minimum Gasteiger partial charge on any atom is -0.377 e. The highest BCUT2D eigenvalue weighted by atomic mass is 19.1. The Hall–Kier alpha value is -3.67. The molecule has 0 aliphatic rings. The molecule has 3 rings (SSSR count). The molecule has 0 saturated heterocycles. The Morgan fingerprint density at radius 2 is 1.60 bits per heavy atom. The van der Waals surface area contributed by atoms with E-state index in [2.05, 4.69) is 26.1 Å². The summed E-state index contributed by atoms with van der Waals surface area (Å²) in [6.45, 7) is 8.61. The van der Waals surface area contributed by atoms with Crippen molar-refractivity contribution in [2.75, 3.05) is 24.3 Å². The molecule has 35 heavy (non-hydrogen) atoms. The van der Waals surface area contributed by atoms with Crippen molar-refractivity contribution in [3.05, 3.63) is 94.8 Å². The Balaban J connectivity index is 1.96. The zero-order valence-corrected chi connectivity index (χ0v) is 21.3. The molecular weight excluding hydrogens is 441 g/mol. The Kier molecular flexibility index (Phi) is 8.28. The molecule has 0 aliphatic heterocycles. The smallest absolute Gasteiger partial charge is 0.255 e. The van der Waals surface area contributed by atoms with E-state index in [-0.39, 0.29) is 23.4 Å². The molecule has 5 nitrogen and oxygen atoms in total. The molecule has 0 heterocycles. The molecule has 0 unspecified atom stereocenters. The van der Waals surface area contributed by atoms with Crippen LogP contribution >= 0.6 is 0 Å². The molecule has 6 heteroatoms. The van der Waals surface area contributed by atoms with E-state index in [0.717, 1.165) is 16.8 Å². The fraction of sp³-hybridized carbons (Fsp3) is 0.310. The number of aryl methyl sites for hydroxylation is 1. The average molecular weight is 476 g/mol. The van der Waals surface area contributed by atoms with E-state index in [4.69, 9.17) is 0 Å². The summed E-state index contributed by atoms with van der Waals surface area (Å²) in [5.41, 5.74) is 4.36. The highest BCUT2D eigenvalue weighted by molar-refractivity contribution is 6.04. The van der Waals surface area contributed by atoms with Gasteiger partial charge in [-0.05, 0) is 73.9 Å². The topological polar surface area (TPSA) is 52.7 Å². The molecule has 0 saturated carbocycles. The fourth-order valence-corrected chi connectivity index (χ4v) is 3.95. The molecule has 3 aromatic rings. The molecule has 1 N–H and O–H groups in total. The first kappa shape index (κ1) is 25.9. The molecule has 3 aromatic carbocycles. The third-order valence-electron chi connectivity index (χ3n) is 6.23. The number of carbonyl (C=O) groups is 2. The molecule has 1 atom stereocenters. The van der Waals surface area contributed by atoms with Gasteiger partial charge in [0.2, 0.25) is 0 Å². The first-order valence-corrected chi connectivity index (χ1v) is 11.8. The summed E-state index contributed by atoms with van der Waals surface area (Å²) in [6, 6.07) is 18.8. The van der Waals surface area contributed by atoms with Crippen LogP contribution in [0.15, 0.2) is 66.7 Å². The van der Waals surface area contributed by atoms with Gasteiger partial charge in [0.25, 0.3) is 11.8 Å². The predicted octanol–water partition coefficient (Wildman–Crippen LogP) is 6.14. The third-order valence-corrected chi connectivity index (χ3v) is 6.23. The van der Waals surface area contributed by atoms with Crippen molar-refractivity contribution < 1.29 is 14.0 Å². The number of rotatable bonds is 8. The van der Waals surface area contributed by atoms with Crippen LogP contribution in [-0.2, 0) is 6.54 Å². The van der Waals surface area contributed by atoms with Crippen LogP contribution in [0.25, 0.3) is 0 Å². The third kappa shape index (κ3) is 6.47. The molecule has 0 aromatic heterocycles. The van der Waals surface area contributed by atoms with Crippen LogP contribution in [0.4, 0.5) is 15.8 Å². The van der Waals surface area contributed by atoms with E-state index >= 15 is 0 Å². The van der Waals surface area contributed by atoms with Crippen molar-refractivity contribution >= 4 is 23.2 Å². The maximum Gasteiger partial charge on any atom is 0.255 e. The number of nitrogens with one attached hydrogen (secondary N) is 1. The van der Waals surface area contributed by atoms with Crippen molar-refractivity contribution in [1.29, 1.82) is 0 Å². The van der Waals surface area contributed by atoms with Gasteiger partial charge in [0.15, 0.2) is 0 Å². The molecule has 0 spiro atoms. The largest absolute Gasteiger partial charge is 0.377 e. The van der Waals surface area contributed by atoms with Crippen molar-refractivity contribution in [2.45, 2.75) is 40.3 Å². The number of nitrogens with zero attached hydrogens (tertiary/aromatic N) is 2. The van der Waals surface area contributed by atoms with Crippen LogP contribution in [0, 0.1) is 18.7 Å². The normalized spacial score (nSPS) is 11.8. The zero-order valence-electron chi connectivity index (χ0n) is 21.3. The molecule has 0 radical (unpaired) electrons. The number of amides is 2. The van der Waals surface area contributed by atoms with E-state index in [9.17, 15) is 14.0 Å². The summed E-state index contributed by atoms with van der Waals surface area (Å²) in [4.78, 5) is 30.2. The molecule has 2 amide bonds. The number of halogens is 1. The molecule has 0 fully saturated rings. The van der Waals surface area contributed by atoms with Gasteiger partial charge in [0.1, 0.15) is 5.82 Å². The number of benzene rings is 3. The van der Waals surface area contributed by atoms with Gasteiger partial charge in [-0.3, -0.25) is 9.59 Å². The SMILES string of the molecule is Cc1cccc(C(=O)N(Cc2cc(NC(=O)c3cccc(F)c3)ccc2N(C)C)[C@@H](C)C(C)C)c1. The van der Waals surface area contributed by atoms with Gasteiger partial charge in [-0.2, -0.15) is 0 Å². The summed E-state index contributed by atoms with van der Waals surface area (Å²) in [5, 5.41) is 2.86. The maximum atomic E-state index is 13.6. The van der Waals surface area contributed by atoms with E-state index in [1.165, 1.54) is 18.2 Å². The van der Waals surface area contributed by atoms with Gasteiger partial charge in [0.05, 0.1) is 0 Å². The Morgan fingerprint density at radius 3 is 2.23 bits per heavy atom. The molecule has 184 valence electrons. The quantitative estimate of drug-likeness (QED) is 0.426. The Labute approximate surface area is 207 Å². The van der Waals surface area contributed by atoms with Gasteiger partial charge in [0, 0.05) is 49.2 Å². The Bertz CT molecular complexity index is 1210. The van der Waals surface area contributed by atoms with Gasteiger partial charge in [-0.15, -0.1) is 0 Å². The van der Waals surface area contributed by atoms with Crippen molar-refractivity contribution in [3.63, 3.8) is 0 Å². The van der Waals surface area contributed by atoms with Gasteiger partial charge < -0.3 is 15.1 Å². The molecule has 0 aliphatic carbocycles. The monoisotopic (exact) mass is 475 g/mol. The van der Waals surface area contributed by atoms with Crippen LogP contribution in [0.1, 0.15) is 52.6 Å². The lowest BCUT2D eigenvalue weighted by atomic mass is 10.0. The van der Waals surface area contributed by atoms with E-state index in [1.807, 2.05) is 73.3 Å². The molecule has 0 bridgehead atoms. The Morgan fingerprint density at radius 1 is 0.914 bits per heavy atom. The van der Waals surface area contributed by atoms with Crippen molar-refractivity contribution in [3.8, 4) is 0 Å². The summed E-state index contributed by atoms with van der Waals surface area (Å²) >= 11 is 0. The fourth-order valence-electron chi connectivity index (χ4n) is 3.95. The van der Waals surface area contributed by atoms with Crippen LogP contribution in [0.2, 0.25) is 0 Å². The predicted molar refractivity (Wildman–Crippen MR) is 140 cm³/mol. The summed E-state index contributed by atoms with van der Waals surface area (Å²) in [5.74, 6) is -0.637. The second-order valence-corrected chi connectivity index (χ2v) is 9.49. The van der Waals surface area contributed by atoms with Crippen LogP contribution in [0.3, 0.4) is 0 Å².